The first kappa shape index (κ1) is 11.3. The van der Waals surface area contributed by atoms with E-state index in [-0.39, 0.29) is 12.4 Å². The minimum Gasteiger partial charge on any atom is -0.439 e. The number of rotatable bonds is 5. The summed E-state index contributed by atoms with van der Waals surface area (Å²) < 4.78 is 15.6. The summed E-state index contributed by atoms with van der Waals surface area (Å²) in [5.74, 6) is 0. The molecule has 0 saturated carbocycles. The van der Waals surface area contributed by atoms with Crippen molar-refractivity contribution in [2.24, 2.45) is 0 Å². The summed E-state index contributed by atoms with van der Waals surface area (Å²) in [5.41, 5.74) is -0.567. The van der Waals surface area contributed by atoms with E-state index in [1.165, 1.54) is 0 Å². The SMILES string of the molecule is CCO[C@@H](C)OC[C@]1(C)CNC(=O)O1. The van der Waals surface area contributed by atoms with Gasteiger partial charge in [-0.25, -0.2) is 4.79 Å². The minimum absolute atomic E-state index is 0.267. The van der Waals surface area contributed by atoms with Crippen LogP contribution in [0.15, 0.2) is 0 Å². The van der Waals surface area contributed by atoms with Gasteiger partial charge in [0.05, 0.1) is 13.2 Å². The fourth-order valence-electron chi connectivity index (χ4n) is 1.21. The van der Waals surface area contributed by atoms with Crippen molar-refractivity contribution in [1.82, 2.24) is 5.32 Å². The summed E-state index contributed by atoms with van der Waals surface area (Å²) in [6, 6.07) is 0. The van der Waals surface area contributed by atoms with Gasteiger partial charge < -0.3 is 19.5 Å². The van der Waals surface area contributed by atoms with Gasteiger partial charge in [0.1, 0.15) is 0 Å². The van der Waals surface area contributed by atoms with Crippen molar-refractivity contribution in [1.29, 1.82) is 0 Å². The number of carbonyl (C=O) groups excluding carboxylic acids is 1. The van der Waals surface area contributed by atoms with Crippen molar-refractivity contribution in [2.75, 3.05) is 19.8 Å². The van der Waals surface area contributed by atoms with E-state index in [1.807, 2.05) is 20.8 Å². The summed E-state index contributed by atoms with van der Waals surface area (Å²) in [7, 11) is 0. The van der Waals surface area contributed by atoms with Gasteiger partial charge in [0.15, 0.2) is 11.9 Å². The van der Waals surface area contributed by atoms with Gasteiger partial charge in [-0.2, -0.15) is 0 Å². The van der Waals surface area contributed by atoms with Crippen LogP contribution in [0.5, 0.6) is 0 Å². The molecule has 1 rings (SSSR count). The topological polar surface area (TPSA) is 56.8 Å². The molecular formula is C9H17NO4. The summed E-state index contributed by atoms with van der Waals surface area (Å²) in [6.45, 7) is 6.97. The van der Waals surface area contributed by atoms with E-state index in [0.29, 0.717) is 19.8 Å². The van der Waals surface area contributed by atoms with E-state index < -0.39 is 5.60 Å². The van der Waals surface area contributed by atoms with E-state index >= 15 is 0 Å². The Labute approximate surface area is 83.7 Å². The van der Waals surface area contributed by atoms with Gasteiger partial charge in [-0.1, -0.05) is 0 Å². The van der Waals surface area contributed by atoms with Crippen LogP contribution in [0, 0.1) is 0 Å². The fourth-order valence-corrected chi connectivity index (χ4v) is 1.21. The van der Waals surface area contributed by atoms with Crippen molar-refractivity contribution in [3.05, 3.63) is 0 Å². The molecule has 82 valence electrons. The molecule has 0 aliphatic carbocycles. The van der Waals surface area contributed by atoms with Crippen LogP contribution in [-0.4, -0.2) is 37.7 Å². The second-order valence-electron chi connectivity index (χ2n) is 3.53. The van der Waals surface area contributed by atoms with Crippen molar-refractivity contribution < 1.29 is 19.0 Å². The number of hydrogen-bond acceptors (Lipinski definition) is 4. The second-order valence-corrected chi connectivity index (χ2v) is 3.53. The van der Waals surface area contributed by atoms with Gasteiger partial charge in [-0.15, -0.1) is 0 Å². The summed E-state index contributed by atoms with van der Waals surface area (Å²) >= 11 is 0. The summed E-state index contributed by atoms with van der Waals surface area (Å²) in [4.78, 5) is 10.8. The van der Waals surface area contributed by atoms with Crippen LogP contribution in [0.4, 0.5) is 4.79 Å². The Morgan fingerprint density at radius 2 is 2.36 bits per heavy atom. The van der Waals surface area contributed by atoms with E-state index in [9.17, 15) is 4.79 Å². The Balaban J connectivity index is 2.26. The molecule has 1 amide bonds. The molecule has 5 nitrogen and oxygen atoms in total. The third-order valence-corrected chi connectivity index (χ3v) is 1.97. The largest absolute Gasteiger partial charge is 0.439 e. The van der Waals surface area contributed by atoms with Crippen LogP contribution < -0.4 is 5.32 Å². The van der Waals surface area contributed by atoms with Crippen LogP contribution in [0.25, 0.3) is 0 Å². The minimum atomic E-state index is -0.567. The molecule has 5 heteroatoms. The van der Waals surface area contributed by atoms with E-state index in [4.69, 9.17) is 14.2 Å². The Morgan fingerprint density at radius 1 is 1.64 bits per heavy atom. The fraction of sp³-hybridized carbons (Fsp3) is 0.889. The first-order valence-electron chi connectivity index (χ1n) is 4.76. The van der Waals surface area contributed by atoms with Gasteiger partial charge in [0.2, 0.25) is 0 Å². The van der Waals surface area contributed by atoms with Gasteiger partial charge in [-0.05, 0) is 20.8 Å². The van der Waals surface area contributed by atoms with Crippen LogP contribution in [0.2, 0.25) is 0 Å². The third kappa shape index (κ3) is 3.16. The van der Waals surface area contributed by atoms with Gasteiger partial charge in [0, 0.05) is 6.61 Å². The normalized spacial score (nSPS) is 28.4. The van der Waals surface area contributed by atoms with Gasteiger partial charge in [0.25, 0.3) is 0 Å². The van der Waals surface area contributed by atoms with Crippen molar-refractivity contribution in [2.45, 2.75) is 32.7 Å². The molecule has 0 unspecified atom stereocenters. The van der Waals surface area contributed by atoms with Gasteiger partial charge in [-0.3, -0.25) is 0 Å². The molecule has 2 atom stereocenters. The highest BCUT2D eigenvalue weighted by atomic mass is 16.7. The molecule has 0 aromatic heterocycles. The number of ether oxygens (including phenoxy) is 3. The molecule has 1 saturated heterocycles. The highest BCUT2D eigenvalue weighted by molar-refractivity contribution is 5.70. The first-order chi connectivity index (χ1) is 6.56. The standard InChI is InChI=1S/C9H17NO4/c1-4-12-7(2)13-6-9(3)5-10-8(11)14-9/h7H,4-6H2,1-3H3,(H,10,11)/t7-,9+/m1/s1. The summed E-state index contributed by atoms with van der Waals surface area (Å²) in [6.07, 6.45) is -0.656. The highest BCUT2D eigenvalue weighted by Crippen LogP contribution is 2.16. The number of cyclic esters (lactones) is 1. The highest BCUT2D eigenvalue weighted by Gasteiger charge is 2.36. The molecule has 1 aliphatic heterocycles. The van der Waals surface area contributed by atoms with Crippen LogP contribution in [0.3, 0.4) is 0 Å². The predicted molar refractivity (Wildman–Crippen MR) is 49.9 cm³/mol. The Morgan fingerprint density at radius 3 is 2.86 bits per heavy atom. The molecule has 14 heavy (non-hydrogen) atoms. The molecule has 0 aromatic rings. The van der Waals surface area contributed by atoms with Crippen molar-refractivity contribution >= 4 is 6.09 Å². The maximum absolute atomic E-state index is 10.8. The Hall–Kier alpha value is -0.810. The van der Waals surface area contributed by atoms with Crippen LogP contribution in [0.1, 0.15) is 20.8 Å². The number of alkyl carbamates (subject to hydrolysis) is 1. The first-order valence-corrected chi connectivity index (χ1v) is 4.76. The third-order valence-electron chi connectivity index (χ3n) is 1.97. The quantitative estimate of drug-likeness (QED) is 0.674. The Kier molecular flexibility index (Phi) is 3.71. The molecule has 0 bridgehead atoms. The Bertz CT molecular complexity index is 209. The number of hydrogen-bond donors (Lipinski definition) is 1. The van der Waals surface area contributed by atoms with E-state index in [0.717, 1.165) is 0 Å². The molecule has 1 heterocycles. The molecule has 0 radical (unpaired) electrons. The molecular weight excluding hydrogens is 186 g/mol. The maximum Gasteiger partial charge on any atom is 0.407 e. The second kappa shape index (κ2) is 4.61. The molecule has 0 spiro atoms. The average molecular weight is 203 g/mol. The lowest BCUT2D eigenvalue weighted by Crippen LogP contribution is -2.36. The monoisotopic (exact) mass is 203 g/mol. The number of carbonyl (C=O) groups is 1. The average Bonchev–Trinajstić information content (AvgIpc) is 2.45. The van der Waals surface area contributed by atoms with Crippen LogP contribution >= 0.6 is 0 Å². The van der Waals surface area contributed by atoms with E-state index in [1.54, 1.807) is 0 Å². The number of amides is 1. The molecule has 1 aliphatic rings. The number of nitrogens with one attached hydrogen (secondary N) is 1. The molecule has 1 fully saturated rings. The lowest BCUT2D eigenvalue weighted by molar-refractivity contribution is -0.155. The van der Waals surface area contributed by atoms with Crippen LogP contribution in [-0.2, 0) is 14.2 Å². The zero-order valence-corrected chi connectivity index (χ0v) is 8.83. The van der Waals surface area contributed by atoms with Gasteiger partial charge >= 0.3 is 6.09 Å². The van der Waals surface area contributed by atoms with Crippen molar-refractivity contribution in [3.63, 3.8) is 0 Å². The zero-order valence-electron chi connectivity index (χ0n) is 8.83. The van der Waals surface area contributed by atoms with Crippen molar-refractivity contribution in [3.8, 4) is 0 Å². The predicted octanol–water partition coefficient (Wildman–Crippen LogP) is 0.884. The van der Waals surface area contributed by atoms with E-state index in [2.05, 4.69) is 5.32 Å². The lowest BCUT2D eigenvalue weighted by atomic mass is 10.1. The molecule has 0 aromatic carbocycles. The summed E-state index contributed by atoms with van der Waals surface area (Å²) in [5, 5.41) is 2.58. The zero-order chi connectivity index (χ0) is 10.6. The lowest BCUT2D eigenvalue weighted by Gasteiger charge is -2.23. The maximum atomic E-state index is 10.8. The molecule has 1 N–H and O–H groups in total. The smallest absolute Gasteiger partial charge is 0.407 e.